The van der Waals surface area contributed by atoms with E-state index in [2.05, 4.69) is 0 Å². The van der Waals surface area contributed by atoms with Crippen LogP contribution >= 0.6 is 0 Å². The molecule has 0 aromatic heterocycles. The molecule has 6 nitrogen and oxygen atoms in total. The molecule has 0 atom stereocenters. The third kappa shape index (κ3) is 5.54. The zero-order valence-corrected chi connectivity index (χ0v) is 14.2. The van der Waals surface area contributed by atoms with Crippen LogP contribution in [-0.4, -0.2) is 43.0 Å². The molecule has 0 aliphatic rings. The highest BCUT2D eigenvalue weighted by atomic mass is 16.6. The SMILES string of the molecule is CN(C)CCOC(=O)/C(=C/c1ccccc1)c1ccc([N+](=O)[O-])cc1. The van der Waals surface area contributed by atoms with Crippen LogP contribution in [0.4, 0.5) is 5.69 Å². The number of nitro groups is 1. The number of non-ortho nitro benzene ring substituents is 1. The number of hydrogen-bond acceptors (Lipinski definition) is 5. The average molecular weight is 340 g/mol. The molecule has 0 bridgehead atoms. The summed E-state index contributed by atoms with van der Waals surface area (Å²) >= 11 is 0. The van der Waals surface area contributed by atoms with Crippen molar-refractivity contribution in [3.63, 3.8) is 0 Å². The van der Waals surface area contributed by atoms with E-state index < -0.39 is 10.9 Å². The zero-order chi connectivity index (χ0) is 18.2. The average Bonchev–Trinajstić information content (AvgIpc) is 2.60. The molecule has 0 saturated heterocycles. The smallest absolute Gasteiger partial charge is 0.338 e. The first-order valence-corrected chi connectivity index (χ1v) is 7.81. The summed E-state index contributed by atoms with van der Waals surface area (Å²) in [6.45, 7) is 0.884. The van der Waals surface area contributed by atoms with Gasteiger partial charge >= 0.3 is 5.97 Å². The number of nitro benzene ring substituents is 1. The van der Waals surface area contributed by atoms with E-state index in [1.807, 2.05) is 49.3 Å². The number of carbonyl (C=O) groups excluding carboxylic acids is 1. The molecular formula is C19H20N2O4. The van der Waals surface area contributed by atoms with Crippen molar-refractivity contribution >= 4 is 23.3 Å². The Labute approximate surface area is 146 Å². The minimum absolute atomic E-state index is 0.0243. The van der Waals surface area contributed by atoms with Crippen LogP contribution in [0.5, 0.6) is 0 Å². The van der Waals surface area contributed by atoms with Crippen LogP contribution < -0.4 is 0 Å². The zero-order valence-electron chi connectivity index (χ0n) is 14.2. The maximum atomic E-state index is 12.5. The number of benzene rings is 2. The summed E-state index contributed by atoms with van der Waals surface area (Å²) in [6, 6.07) is 15.2. The van der Waals surface area contributed by atoms with Crippen molar-refractivity contribution in [2.45, 2.75) is 0 Å². The lowest BCUT2D eigenvalue weighted by Crippen LogP contribution is -2.20. The molecule has 0 saturated carbocycles. The molecule has 0 heterocycles. The molecule has 2 rings (SSSR count). The second-order valence-corrected chi connectivity index (χ2v) is 5.71. The molecule has 6 heteroatoms. The maximum Gasteiger partial charge on any atom is 0.338 e. The summed E-state index contributed by atoms with van der Waals surface area (Å²) in [5.41, 5.74) is 1.76. The molecule has 2 aromatic carbocycles. The monoisotopic (exact) mass is 340 g/mol. The second-order valence-electron chi connectivity index (χ2n) is 5.71. The summed E-state index contributed by atoms with van der Waals surface area (Å²) in [5.74, 6) is -0.459. The molecule has 130 valence electrons. The Hall–Kier alpha value is -2.99. The van der Waals surface area contributed by atoms with Gasteiger partial charge in [0.15, 0.2) is 0 Å². The largest absolute Gasteiger partial charge is 0.461 e. The lowest BCUT2D eigenvalue weighted by atomic mass is 10.0. The van der Waals surface area contributed by atoms with Crippen LogP contribution in [0.25, 0.3) is 11.6 Å². The molecule has 0 aliphatic carbocycles. The Bertz CT molecular complexity index is 753. The van der Waals surface area contributed by atoms with Gasteiger partial charge in [-0.3, -0.25) is 10.1 Å². The van der Waals surface area contributed by atoms with Crippen molar-refractivity contribution in [2.24, 2.45) is 0 Å². The predicted molar refractivity (Wildman–Crippen MR) is 96.9 cm³/mol. The number of likely N-dealkylation sites (N-methyl/N-ethyl adjacent to an activating group) is 1. The minimum atomic E-state index is -0.472. The van der Waals surface area contributed by atoms with Gasteiger partial charge in [0, 0.05) is 18.7 Å². The van der Waals surface area contributed by atoms with E-state index in [-0.39, 0.29) is 12.3 Å². The highest BCUT2D eigenvalue weighted by Gasteiger charge is 2.15. The van der Waals surface area contributed by atoms with Crippen molar-refractivity contribution in [3.8, 4) is 0 Å². The van der Waals surface area contributed by atoms with Gasteiger partial charge in [-0.2, -0.15) is 0 Å². The van der Waals surface area contributed by atoms with Crippen LogP contribution in [0.3, 0.4) is 0 Å². The summed E-state index contributed by atoms with van der Waals surface area (Å²) in [7, 11) is 3.79. The number of esters is 1. The Balaban J connectivity index is 2.30. The van der Waals surface area contributed by atoms with Gasteiger partial charge in [-0.1, -0.05) is 30.3 Å². The molecule has 0 fully saturated rings. The first-order chi connectivity index (χ1) is 12.0. The maximum absolute atomic E-state index is 12.5. The molecule has 2 aromatic rings. The lowest BCUT2D eigenvalue weighted by molar-refractivity contribution is -0.384. The van der Waals surface area contributed by atoms with Gasteiger partial charge in [0.1, 0.15) is 6.61 Å². The normalized spacial score (nSPS) is 11.4. The fraction of sp³-hybridized carbons (Fsp3) is 0.211. The summed E-state index contributed by atoms with van der Waals surface area (Å²) in [6.07, 6.45) is 1.72. The van der Waals surface area contributed by atoms with E-state index in [0.29, 0.717) is 17.7 Å². The first kappa shape index (κ1) is 18.4. The van der Waals surface area contributed by atoms with Crippen molar-refractivity contribution in [3.05, 3.63) is 75.8 Å². The highest BCUT2D eigenvalue weighted by Crippen LogP contribution is 2.22. The van der Waals surface area contributed by atoms with Crippen LogP contribution in [0.2, 0.25) is 0 Å². The van der Waals surface area contributed by atoms with E-state index in [9.17, 15) is 14.9 Å². The second kappa shape index (κ2) is 8.75. The van der Waals surface area contributed by atoms with Gasteiger partial charge in [-0.15, -0.1) is 0 Å². The van der Waals surface area contributed by atoms with Gasteiger partial charge in [-0.05, 0) is 43.4 Å². The number of hydrogen-bond donors (Lipinski definition) is 0. The third-order valence-corrected chi connectivity index (χ3v) is 3.49. The predicted octanol–water partition coefficient (Wildman–Crippen LogP) is 3.24. The first-order valence-electron chi connectivity index (χ1n) is 7.81. The quantitative estimate of drug-likeness (QED) is 0.254. The Morgan fingerprint density at radius 3 is 2.32 bits per heavy atom. The lowest BCUT2D eigenvalue weighted by Gasteiger charge is -2.12. The van der Waals surface area contributed by atoms with Crippen LogP contribution in [-0.2, 0) is 9.53 Å². The molecule has 25 heavy (non-hydrogen) atoms. The Kier molecular flexibility index (Phi) is 6.42. The minimum Gasteiger partial charge on any atom is -0.461 e. The number of rotatable bonds is 7. The molecule has 0 spiro atoms. The van der Waals surface area contributed by atoms with Gasteiger partial charge in [0.2, 0.25) is 0 Å². The fourth-order valence-corrected chi connectivity index (χ4v) is 2.14. The van der Waals surface area contributed by atoms with E-state index in [0.717, 1.165) is 5.56 Å². The number of carbonyl (C=O) groups is 1. The molecule has 0 amide bonds. The van der Waals surface area contributed by atoms with E-state index >= 15 is 0 Å². The van der Waals surface area contributed by atoms with E-state index in [4.69, 9.17) is 4.74 Å². The Morgan fingerprint density at radius 1 is 1.12 bits per heavy atom. The fourth-order valence-electron chi connectivity index (χ4n) is 2.14. The Morgan fingerprint density at radius 2 is 1.76 bits per heavy atom. The highest BCUT2D eigenvalue weighted by molar-refractivity contribution is 6.21. The van der Waals surface area contributed by atoms with Gasteiger partial charge in [0.05, 0.1) is 10.5 Å². The van der Waals surface area contributed by atoms with Crippen LogP contribution in [0.15, 0.2) is 54.6 Å². The van der Waals surface area contributed by atoms with Gasteiger partial charge in [0.25, 0.3) is 5.69 Å². The molecular weight excluding hydrogens is 320 g/mol. The molecule has 0 radical (unpaired) electrons. The van der Waals surface area contributed by atoms with Gasteiger partial charge < -0.3 is 9.64 Å². The molecule has 0 N–H and O–H groups in total. The van der Waals surface area contributed by atoms with Crippen molar-refractivity contribution in [1.29, 1.82) is 0 Å². The van der Waals surface area contributed by atoms with Crippen molar-refractivity contribution in [1.82, 2.24) is 4.90 Å². The molecule has 0 aliphatic heterocycles. The summed E-state index contributed by atoms with van der Waals surface area (Å²) < 4.78 is 5.34. The third-order valence-electron chi connectivity index (χ3n) is 3.49. The van der Waals surface area contributed by atoms with Crippen LogP contribution in [0.1, 0.15) is 11.1 Å². The summed E-state index contributed by atoms with van der Waals surface area (Å²) in [5, 5.41) is 10.8. The van der Waals surface area contributed by atoms with Crippen molar-refractivity contribution in [2.75, 3.05) is 27.2 Å². The van der Waals surface area contributed by atoms with Gasteiger partial charge in [-0.25, -0.2) is 4.79 Å². The number of nitrogens with zero attached hydrogens (tertiary/aromatic N) is 2. The van der Waals surface area contributed by atoms with Crippen molar-refractivity contribution < 1.29 is 14.5 Å². The summed E-state index contributed by atoms with van der Waals surface area (Å²) in [4.78, 5) is 24.8. The van der Waals surface area contributed by atoms with E-state index in [1.54, 1.807) is 18.2 Å². The van der Waals surface area contributed by atoms with Crippen LogP contribution in [0, 0.1) is 10.1 Å². The standard InChI is InChI=1S/C19H20N2O4/c1-20(2)12-13-25-19(22)18(14-15-6-4-3-5-7-15)16-8-10-17(11-9-16)21(23)24/h3-11,14H,12-13H2,1-2H3/b18-14+. The molecule has 0 unspecified atom stereocenters. The number of ether oxygens (including phenoxy) is 1. The van der Waals surface area contributed by atoms with E-state index in [1.165, 1.54) is 12.1 Å². The topological polar surface area (TPSA) is 72.7 Å².